The Kier molecular flexibility index (Phi) is 5.91. The third-order valence-corrected chi connectivity index (χ3v) is 7.41. The van der Waals surface area contributed by atoms with Crippen molar-refractivity contribution >= 4 is 15.9 Å². The first-order chi connectivity index (χ1) is 13.2. The molecular weight excluding hydrogens is 372 g/mol. The number of hydrogen-bond donors (Lipinski definition) is 1. The summed E-state index contributed by atoms with van der Waals surface area (Å²) >= 11 is 0. The van der Waals surface area contributed by atoms with Gasteiger partial charge in [-0.1, -0.05) is 29.8 Å². The van der Waals surface area contributed by atoms with Crippen molar-refractivity contribution in [1.82, 2.24) is 9.62 Å². The molecule has 0 saturated carbocycles. The van der Waals surface area contributed by atoms with Crippen LogP contribution in [-0.4, -0.2) is 31.7 Å². The van der Waals surface area contributed by atoms with E-state index >= 15 is 0 Å². The molecule has 0 unspecified atom stereocenters. The molecule has 2 aromatic carbocycles. The molecule has 1 aliphatic heterocycles. The quantitative estimate of drug-likeness (QED) is 0.828. The molecule has 0 spiro atoms. The molecule has 1 heterocycles. The van der Waals surface area contributed by atoms with Gasteiger partial charge in [0.2, 0.25) is 10.0 Å². The SMILES string of the molecule is Cc1ccc([C@H](C)NC(=O)c2ccc(C)c(S(=O)(=O)N3CCCC3)c2)c(C)c1. The van der Waals surface area contributed by atoms with Crippen LogP contribution in [0.1, 0.15) is 58.4 Å². The van der Waals surface area contributed by atoms with Crippen LogP contribution in [0.25, 0.3) is 0 Å². The number of carbonyl (C=O) groups excluding carboxylic acids is 1. The van der Waals surface area contributed by atoms with E-state index in [0.29, 0.717) is 24.2 Å². The molecule has 3 rings (SSSR count). The van der Waals surface area contributed by atoms with Crippen molar-refractivity contribution in [3.8, 4) is 0 Å². The Labute approximate surface area is 167 Å². The molecule has 28 heavy (non-hydrogen) atoms. The van der Waals surface area contributed by atoms with Crippen molar-refractivity contribution in [3.63, 3.8) is 0 Å². The molecule has 5 nitrogen and oxygen atoms in total. The molecule has 0 bridgehead atoms. The lowest BCUT2D eigenvalue weighted by Crippen LogP contribution is -2.30. The smallest absolute Gasteiger partial charge is 0.251 e. The molecule has 1 aliphatic rings. The lowest BCUT2D eigenvalue weighted by atomic mass is 10.00. The molecule has 1 fully saturated rings. The highest BCUT2D eigenvalue weighted by atomic mass is 32.2. The van der Waals surface area contributed by atoms with Crippen LogP contribution in [0.5, 0.6) is 0 Å². The lowest BCUT2D eigenvalue weighted by molar-refractivity contribution is 0.0939. The molecule has 1 amide bonds. The monoisotopic (exact) mass is 400 g/mol. The summed E-state index contributed by atoms with van der Waals surface area (Å²) in [6, 6.07) is 10.9. The number of nitrogens with zero attached hydrogens (tertiary/aromatic N) is 1. The predicted octanol–water partition coefficient (Wildman–Crippen LogP) is 3.89. The van der Waals surface area contributed by atoms with E-state index in [1.807, 2.05) is 32.9 Å². The van der Waals surface area contributed by atoms with Gasteiger partial charge in [0, 0.05) is 18.7 Å². The van der Waals surface area contributed by atoms with Gasteiger partial charge in [0.1, 0.15) is 0 Å². The Bertz CT molecular complexity index is 993. The average molecular weight is 401 g/mol. The van der Waals surface area contributed by atoms with Crippen LogP contribution in [-0.2, 0) is 10.0 Å². The first-order valence-electron chi connectivity index (χ1n) is 9.69. The summed E-state index contributed by atoms with van der Waals surface area (Å²) in [4.78, 5) is 13.0. The molecule has 0 radical (unpaired) electrons. The van der Waals surface area contributed by atoms with Crippen LogP contribution in [0.2, 0.25) is 0 Å². The van der Waals surface area contributed by atoms with E-state index in [1.54, 1.807) is 19.1 Å². The fraction of sp³-hybridized carbons (Fsp3) is 0.409. The molecule has 1 N–H and O–H groups in total. The zero-order valence-electron chi connectivity index (χ0n) is 17.0. The van der Waals surface area contributed by atoms with E-state index in [2.05, 4.69) is 11.4 Å². The molecule has 1 saturated heterocycles. The minimum absolute atomic E-state index is 0.173. The highest BCUT2D eigenvalue weighted by molar-refractivity contribution is 7.89. The van der Waals surface area contributed by atoms with Crippen molar-refractivity contribution in [2.45, 2.75) is 51.5 Å². The van der Waals surface area contributed by atoms with E-state index in [9.17, 15) is 13.2 Å². The maximum absolute atomic E-state index is 12.9. The minimum Gasteiger partial charge on any atom is -0.346 e. The molecule has 0 aromatic heterocycles. The van der Waals surface area contributed by atoms with E-state index in [-0.39, 0.29) is 16.8 Å². The Morgan fingerprint density at radius 3 is 2.32 bits per heavy atom. The molecule has 6 heteroatoms. The second-order valence-electron chi connectivity index (χ2n) is 7.65. The van der Waals surface area contributed by atoms with Gasteiger partial charge < -0.3 is 5.32 Å². The molecule has 1 atom stereocenters. The van der Waals surface area contributed by atoms with Crippen molar-refractivity contribution in [3.05, 3.63) is 64.2 Å². The van der Waals surface area contributed by atoms with Crippen molar-refractivity contribution in [1.29, 1.82) is 0 Å². The van der Waals surface area contributed by atoms with E-state index in [0.717, 1.165) is 24.0 Å². The van der Waals surface area contributed by atoms with Crippen LogP contribution in [0.15, 0.2) is 41.3 Å². The van der Waals surface area contributed by atoms with Crippen molar-refractivity contribution in [2.24, 2.45) is 0 Å². The van der Waals surface area contributed by atoms with Gasteiger partial charge in [-0.05, 0) is 69.4 Å². The fourth-order valence-electron chi connectivity index (χ4n) is 3.76. The number of rotatable bonds is 5. The Hall–Kier alpha value is -2.18. The van der Waals surface area contributed by atoms with Gasteiger partial charge in [0.25, 0.3) is 5.91 Å². The Morgan fingerprint density at radius 1 is 1.00 bits per heavy atom. The summed E-state index contributed by atoms with van der Waals surface area (Å²) in [6.07, 6.45) is 1.76. The largest absolute Gasteiger partial charge is 0.346 e. The normalized spacial score (nSPS) is 16.1. The van der Waals surface area contributed by atoms with Crippen LogP contribution in [0, 0.1) is 20.8 Å². The summed E-state index contributed by atoms with van der Waals surface area (Å²) in [5.74, 6) is -0.273. The maximum Gasteiger partial charge on any atom is 0.251 e. The number of aryl methyl sites for hydroxylation is 3. The Morgan fingerprint density at radius 2 is 1.68 bits per heavy atom. The number of amides is 1. The van der Waals surface area contributed by atoms with Crippen molar-refractivity contribution < 1.29 is 13.2 Å². The first-order valence-corrected chi connectivity index (χ1v) is 11.1. The number of nitrogens with one attached hydrogen (secondary N) is 1. The van der Waals surface area contributed by atoms with E-state index in [1.165, 1.54) is 15.9 Å². The highest BCUT2D eigenvalue weighted by Gasteiger charge is 2.29. The fourth-order valence-corrected chi connectivity index (χ4v) is 5.52. The van der Waals surface area contributed by atoms with Gasteiger partial charge in [-0.3, -0.25) is 4.79 Å². The van der Waals surface area contributed by atoms with Crippen LogP contribution in [0.4, 0.5) is 0 Å². The summed E-state index contributed by atoms with van der Waals surface area (Å²) in [5.41, 5.74) is 4.37. The molecule has 2 aromatic rings. The van der Waals surface area contributed by atoms with Crippen LogP contribution in [0.3, 0.4) is 0 Å². The number of benzene rings is 2. The van der Waals surface area contributed by atoms with E-state index in [4.69, 9.17) is 0 Å². The van der Waals surface area contributed by atoms with Gasteiger partial charge >= 0.3 is 0 Å². The standard InChI is InChI=1S/C22H28N2O3S/c1-15-7-10-20(17(3)13-15)18(4)23-22(25)19-9-8-16(2)21(14-19)28(26,27)24-11-5-6-12-24/h7-10,13-14,18H,5-6,11-12H2,1-4H3,(H,23,25)/t18-/m0/s1. The summed E-state index contributed by atoms with van der Waals surface area (Å²) in [7, 11) is -3.56. The van der Waals surface area contributed by atoms with Gasteiger partial charge in [-0.25, -0.2) is 8.42 Å². The topological polar surface area (TPSA) is 66.5 Å². The molecular formula is C22H28N2O3S. The lowest BCUT2D eigenvalue weighted by Gasteiger charge is -2.19. The van der Waals surface area contributed by atoms with Crippen LogP contribution < -0.4 is 5.32 Å². The molecule has 0 aliphatic carbocycles. The predicted molar refractivity (Wildman–Crippen MR) is 111 cm³/mol. The van der Waals surface area contributed by atoms with Crippen molar-refractivity contribution in [2.75, 3.05) is 13.1 Å². The highest BCUT2D eigenvalue weighted by Crippen LogP contribution is 2.25. The van der Waals surface area contributed by atoms with E-state index < -0.39 is 10.0 Å². The number of hydrogen-bond acceptors (Lipinski definition) is 3. The Balaban J connectivity index is 1.84. The third-order valence-electron chi connectivity index (χ3n) is 5.37. The summed E-state index contributed by atoms with van der Waals surface area (Å²) in [5, 5.41) is 2.99. The third kappa shape index (κ3) is 4.13. The second kappa shape index (κ2) is 8.05. The molecule has 150 valence electrons. The van der Waals surface area contributed by atoms with Gasteiger partial charge in [0.05, 0.1) is 10.9 Å². The van der Waals surface area contributed by atoms with Crippen LogP contribution >= 0.6 is 0 Å². The summed E-state index contributed by atoms with van der Waals surface area (Å²) in [6.45, 7) is 8.85. The maximum atomic E-state index is 12.9. The average Bonchev–Trinajstić information content (AvgIpc) is 3.17. The zero-order valence-corrected chi connectivity index (χ0v) is 17.8. The summed E-state index contributed by atoms with van der Waals surface area (Å²) < 4.78 is 27.4. The van der Waals surface area contributed by atoms with Gasteiger partial charge in [0.15, 0.2) is 0 Å². The van der Waals surface area contributed by atoms with Gasteiger partial charge in [-0.2, -0.15) is 4.31 Å². The number of sulfonamides is 1. The first kappa shape index (κ1) is 20.6. The number of carbonyl (C=O) groups is 1. The second-order valence-corrected chi connectivity index (χ2v) is 9.55. The minimum atomic E-state index is -3.56. The van der Waals surface area contributed by atoms with Gasteiger partial charge in [-0.15, -0.1) is 0 Å². The zero-order chi connectivity index (χ0) is 20.5.